The quantitative estimate of drug-likeness (QED) is 0.180. The summed E-state index contributed by atoms with van der Waals surface area (Å²) >= 11 is 1.83. The van der Waals surface area contributed by atoms with Gasteiger partial charge in [0.25, 0.3) is 0 Å². The minimum Gasteiger partial charge on any atom is -0.341 e. The number of hydrogen-bond donors (Lipinski definition) is 0. The van der Waals surface area contributed by atoms with Gasteiger partial charge in [0.2, 0.25) is 6.41 Å². The molecule has 0 bridgehead atoms. The first-order valence-electron chi connectivity index (χ1n) is 12.3. The van der Waals surface area contributed by atoms with E-state index in [1.807, 2.05) is 30.8 Å². The smallest absolute Gasteiger partial charge is 0.209 e. The first-order valence-corrected chi connectivity index (χ1v) is 13.2. The highest BCUT2D eigenvalue weighted by Crippen LogP contribution is 2.38. The van der Waals surface area contributed by atoms with Gasteiger partial charge in [-0.25, -0.2) is 4.39 Å². The molecule has 0 aliphatic carbocycles. The maximum absolute atomic E-state index is 13.4. The number of aliphatic imine (C=N–C) groups is 2. The Bertz CT molecular complexity index is 846. The number of alkyl halides is 1. The Morgan fingerprint density at radius 2 is 2.21 bits per heavy atom. The molecule has 34 heavy (non-hydrogen) atoms. The topological polar surface area (TPSA) is 48.3 Å². The lowest BCUT2D eigenvalue weighted by Crippen LogP contribution is -2.42. The first kappa shape index (κ1) is 28.1. The van der Waals surface area contributed by atoms with Crippen molar-refractivity contribution in [3.8, 4) is 0 Å². The molecule has 2 heterocycles. The zero-order valence-electron chi connectivity index (χ0n) is 21.4. The van der Waals surface area contributed by atoms with Crippen LogP contribution in [0.15, 0.2) is 57.5 Å². The first-order chi connectivity index (χ1) is 16.4. The molecule has 0 spiro atoms. The molecule has 0 N–H and O–H groups in total. The third kappa shape index (κ3) is 7.42. The molecule has 0 saturated carbocycles. The van der Waals surface area contributed by atoms with E-state index < -0.39 is 6.17 Å². The van der Waals surface area contributed by atoms with E-state index in [9.17, 15) is 9.18 Å². The van der Waals surface area contributed by atoms with Crippen LogP contribution in [0, 0.1) is 11.8 Å². The molecule has 2 aliphatic rings. The van der Waals surface area contributed by atoms with Crippen LogP contribution in [-0.4, -0.2) is 72.4 Å². The molecule has 4 unspecified atom stereocenters. The minimum absolute atomic E-state index is 0.261. The van der Waals surface area contributed by atoms with Crippen molar-refractivity contribution >= 4 is 29.7 Å². The van der Waals surface area contributed by atoms with Crippen LogP contribution < -0.4 is 0 Å². The summed E-state index contributed by atoms with van der Waals surface area (Å²) in [5.74, 6) is 1.90. The van der Waals surface area contributed by atoms with Gasteiger partial charge in [-0.15, -0.1) is 18.3 Å². The Labute approximate surface area is 209 Å². The molecule has 5 nitrogen and oxygen atoms in total. The van der Waals surface area contributed by atoms with Gasteiger partial charge >= 0.3 is 0 Å². The number of carbonyl (C=O) groups is 1. The molecular formula is C27H41FN4OS. The van der Waals surface area contributed by atoms with Gasteiger partial charge < -0.3 is 9.80 Å². The fourth-order valence-corrected chi connectivity index (χ4v) is 5.54. The van der Waals surface area contributed by atoms with Crippen molar-refractivity contribution in [3.63, 3.8) is 0 Å². The molecule has 7 heteroatoms. The lowest BCUT2D eigenvalue weighted by Gasteiger charge is -2.35. The van der Waals surface area contributed by atoms with Crippen LogP contribution in [0.5, 0.6) is 0 Å². The largest absolute Gasteiger partial charge is 0.341 e. The average molecular weight is 489 g/mol. The van der Waals surface area contributed by atoms with Crippen LogP contribution in [0.1, 0.15) is 47.0 Å². The van der Waals surface area contributed by atoms with E-state index >= 15 is 0 Å². The normalized spacial score (nSPS) is 21.6. The fourth-order valence-electron chi connectivity index (χ4n) is 4.43. The molecule has 2 aliphatic heterocycles. The Kier molecular flexibility index (Phi) is 11.8. The number of allylic oxidation sites excluding steroid dienone is 4. The van der Waals surface area contributed by atoms with Gasteiger partial charge in [-0.2, -0.15) is 0 Å². The predicted octanol–water partition coefficient (Wildman–Crippen LogP) is 5.68. The monoisotopic (exact) mass is 488 g/mol. The molecule has 0 radical (unpaired) electrons. The standard InChI is InChI=1S/C27H41FN4OS/c1-7-13-31(19-33)17-22-15-25-23(24(29-6)12-10-11-21(5)28)16-30-27(32(25)18-22)26(20(4)9-3)34-14-8-2/h7-8,10,12,14,19-22,26H,1,9,11,13,15-18H2,2-6H3/b12-10-,14-8-,29-24?. The molecule has 0 aromatic heterocycles. The second-order valence-corrected chi connectivity index (χ2v) is 10.1. The molecule has 0 aromatic carbocycles. The van der Waals surface area contributed by atoms with Gasteiger partial charge in [-0.1, -0.05) is 38.5 Å². The highest BCUT2D eigenvalue weighted by Gasteiger charge is 2.39. The number of thioether (sulfide) groups is 1. The second kappa shape index (κ2) is 14.3. The van der Waals surface area contributed by atoms with Crippen LogP contribution in [-0.2, 0) is 4.79 Å². The van der Waals surface area contributed by atoms with Crippen molar-refractivity contribution in [1.82, 2.24) is 9.80 Å². The lowest BCUT2D eigenvalue weighted by atomic mass is 9.98. The van der Waals surface area contributed by atoms with Crippen molar-refractivity contribution < 1.29 is 9.18 Å². The molecule has 188 valence electrons. The fraction of sp³-hybridized carbons (Fsp3) is 0.593. The molecular weight excluding hydrogens is 447 g/mol. The molecule has 2 rings (SSSR count). The van der Waals surface area contributed by atoms with Crippen molar-refractivity contribution in [2.24, 2.45) is 21.8 Å². The van der Waals surface area contributed by atoms with Gasteiger partial charge in [0, 0.05) is 38.0 Å². The van der Waals surface area contributed by atoms with E-state index in [2.05, 4.69) is 41.8 Å². The minimum atomic E-state index is -0.880. The summed E-state index contributed by atoms with van der Waals surface area (Å²) in [5, 5.41) is 2.42. The summed E-state index contributed by atoms with van der Waals surface area (Å²) in [4.78, 5) is 25.4. The molecule has 0 aromatic rings. The summed E-state index contributed by atoms with van der Waals surface area (Å²) in [6, 6.07) is 0. The average Bonchev–Trinajstić information content (AvgIpc) is 3.25. The third-order valence-electron chi connectivity index (χ3n) is 6.34. The molecule has 1 amide bonds. The van der Waals surface area contributed by atoms with Crippen LogP contribution in [0.3, 0.4) is 0 Å². The molecule has 4 atom stereocenters. The Morgan fingerprint density at radius 1 is 1.44 bits per heavy atom. The SMILES string of the molecule is C=CCN(C=O)CC1CC2=C(C(/C=C\CC(C)F)=NC)CN=C(C(S/C=C\C)C(C)CC)N2C1. The molecule has 1 fully saturated rings. The van der Waals surface area contributed by atoms with Crippen molar-refractivity contribution in [2.75, 3.05) is 33.2 Å². The summed E-state index contributed by atoms with van der Waals surface area (Å²) in [7, 11) is 1.78. The zero-order chi connectivity index (χ0) is 25.1. The van der Waals surface area contributed by atoms with Gasteiger partial charge in [0.15, 0.2) is 0 Å². The number of hydrogen-bond acceptors (Lipinski definition) is 5. The van der Waals surface area contributed by atoms with Crippen LogP contribution in [0.25, 0.3) is 0 Å². The summed E-state index contributed by atoms with van der Waals surface area (Å²) in [6.45, 7) is 14.5. The van der Waals surface area contributed by atoms with E-state index in [1.54, 1.807) is 24.9 Å². The van der Waals surface area contributed by atoms with E-state index in [1.165, 1.54) is 5.70 Å². The van der Waals surface area contributed by atoms with Crippen LogP contribution in [0.4, 0.5) is 4.39 Å². The van der Waals surface area contributed by atoms with Crippen molar-refractivity contribution in [1.29, 1.82) is 0 Å². The number of carbonyl (C=O) groups excluding carboxylic acids is 1. The van der Waals surface area contributed by atoms with Crippen molar-refractivity contribution in [2.45, 2.75) is 58.4 Å². The van der Waals surface area contributed by atoms with Gasteiger partial charge in [0.1, 0.15) is 12.0 Å². The van der Waals surface area contributed by atoms with Crippen LogP contribution in [0.2, 0.25) is 0 Å². The van der Waals surface area contributed by atoms with E-state index in [4.69, 9.17) is 4.99 Å². The van der Waals surface area contributed by atoms with Crippen LogP contribution >= 0.6 is 11.8 Å². The lowest BCUT2D eigenvalue weighted by molar-refractivity contribution is -0.118. The van der Waals surface area contributed by atoms with Gasteiger partial charge in [-0.3, -0.25) is 14.8 Å². The maximum atomic E-state index is 13.4. The number of amides is 1. The highest BCUT2D eigenvalue weighted by molar-refractivity contribution is 8.03. The number of nitrogens with zero attached hydrogens (tertiary/aromatic N) is 4. The maximum Gasteiger partial charge on any atom is 0.209 e. The van der Waals surface area contributed by atoms with Gasteiger partial charge in [0.05, 0.1) is 17.5 Å². The highest BCUT2D eigenvalue weighted by atomic mass is 32.2. The van der Waals surface area contributed by atoms with E-state index in [-0.39, 0.29) is 5.25 Å². The Balaban J connectivity index is 2.43. The predicted molar refractivity (Wildman–Crippen MR) is 145 cm³/mol. The Morgan fingerprint density at radius 3 is 2.79 bits per heavy atom. The zero-order valence-corrected chi connectivity index (χ0v) is 22.2. The van der Waals surface area contributed by atoms with Crippen molar-refractivity contribution in [3.05, 3.63) is 47.6 Å². The van der Waals surface area contributed by atoms with Gasteiger partial charge in [-0.05, 0) is 50.0 Å². The molecule has 1 saturated heterocycles. The van der Waals surface area contributed by atoms with E-state index in [0.29, 0.717) is 37.9 Å². The summed E-state index contributed by atoms with van der Waals surface area (Å²) in [6.07, 6.45) is 9.97. The van der Waals surface area contributed by atoms with E-state index in [0.717, 1.165) is 42.9 Å². The Hall–Kier alpha value is -2.15. The summed E-state index contributed by atoms with van der Waals surface area (Å²) < 4.78 is 13.4. The number of fused-ring (bicyclic) bond motifs is 1. The second-order valence-electron chi connectivity index (χ2n) is 9.07. The summed E-state index contributed by atoms with van der Waals surface area (Å²) in [5.41, 5.74) is 3.22. The third-order valence-corrected chi connectivity index (χ3v) is 7.74. The number of halogens is 1. The number of amidine groups is 1. The number of rotatable bonds is 14.